The van der Waals surface area contributed by atoms with Gasteiger partial charge in [-0.3, -0.25) is 4.99 Å². The predicted molar refractivity (Wildman–Crippen MR) is 104 cm³/mol. The zero-order chi connectivity index (χ0) is 18.8. The van der Waals surface area contributed by atoms with Crippen molar-refractivity contribution < 1.29 is 14.2 Å². The monoisotopic (exact) mass is 357 g/mol. The second kappa shape index (κ2) is 10.2. The Bertz CT molecular complexity index is 719. The number of rotatable bonds is 8. The van der Waals surface area contributed by atoms with E-state index in [1.54, 1.807) is 21.3 Å². The number of benzene rings is 2. The molecule has 1 unspecified atom stereocenters. The van der Waals surface area contributed by atoms with E-state index in [0.717, 1.165) is 22.8 Å². The molecule has 2 rings (SSSR count). The Labute approximate surface area is 155 Å². The summed E-state index contributed by atoms with van der Waals surface area (Å²) in [4.78, 5) is 4.24. The molecule has 0 bridgehead atoms. The summed E-state index contributed by atoms with van der Waals surface area (Å²) >= 11 is 0. The van der Waals surface area contributed by atoms with Crippen LogP contribution in [0.4, 0.5) is 0 Å². The molecule has 6 nitrogen and oxygen atoms in total. The van der Waals surface area contributed by atoms with E-state index in [-0.39, 0.29) is 6.10 Å². The van der Waals surface area contributed by atoms with Gasteiger partial charge < -0.3 is 24.8 Å². The lowest BCUT2D eigenvalue weighted by atomic mass is 10.2. The number of nitrogens with one attached hydrogen (secondary N) is 2. The van der Waals surface area contributed by atoms with Gasteiger partial charge in [-0.2, -0.15) is 0 Å². The van der Waals surface area contributed by atoms with Crippen molar-refractivity contribution in [2.45, 2.75) is 19.6 Å². The quantitative estimate of drug-likeness (QED) is 0.562. The smallest absolute Gasteiger partial charge is 0.191 e. The third-order valence-electron chi connectivity index (χ3n) is 3.82. The van der Waals surface area contributed by atoms with Gasteiger partial charge in [-0.25, -0.2) is 0 Å². The topological polar surface area (TPSA) is 64.1 Å². The number of hydrogen-bond acceptors (Lipinski definition) is 4. The Morgan fingerprint density at radius 2 is 1.54 bits per heavy atom. The van der Waals surface area contributed by atoms with Crippen LogP contribution < -0.4 is 24.8 Å². The summed E-state index contributed by atoms with van der Waals surface area (Å²) in [7, 11) is 5.04. The summed E-state index contributed by atoms with van der Waals surface area (Å²) in [6.07, 6.45) is -0.0592. The highest BCUT2D eigenvalue weighted by molar-refractivity contribution is 5.79. The van der Waals surface area contributed by atoms with Crippen LogP contribution in [0, 0.1) is 0 Å². The molecule has 26 heavy (non-hydrogen) atoms. The molecular formula is C20H27N3O3. The maximum Gasteiger partial charge on any atom is 0.191 e. The second-order valence-electron chi connectivity index (χ2n) is 5.70. The van der Waals surface area contributed by atoms with Crippen LogP contribution in [-0.4, -0.2) is 39.9 Å². The van der Waals surface area contributed by atoms with E-state index >= 15 is 0 Å². The average molecular weight is 357 g/mol. The normalized spacial score (nSPS) is 12.2. The van der Waals surface area contributed by atoms with Crippen LogP contribution in [0.5, 0.6) is 17.2 Å². The fraction of sp³-hybridized carbons (Fsp3) is 0.350. The number of nitrogens with zero attached hydrogens (tertiary/aromatic N) is 1. The van der Waals surface area contributed by atoms with Crippen molar-refractivity contribution in [2.24, 2.45) is 4.99 Å². The Balaban J connectivity index is 1.84. The maximum atomic E-state index is 5.94. The summed E-state index contributed by atoms with van der Waals surface area (Å²) in [5.74, 6) is 2.99. The zero-order valence-electron chi connectivity index (χ0n) is 15.8. The minimum Gasteiger partial charge on any atom is -0.496 e. The fourth-order valence-corrected chi connectivity index (χ4v) is 2.46. The number of guanidine groups is 1. The number of methoxy groups -OCH3 is 2. The number of hydrogen-bond donors (Lipinski definition) is 2. The van der Waals surface area contributed by atoms with Crippen LogP contribution in [0.1, 0.15) is 12.5 Å². The van der Waals surface area contributed by atoms with Crippen molar-refractivity contribution in [1.82, 2.24) is 10.6 Å². The summed E-state index contributed by atoms with van der Waals surface area (Å²) in [6.45, 7) is 3.21. The van der Waals surface area contributed by atoms with Gasteiger partial charge in [0.25, 0.3) is 0 Å². The molecule has 0 radical (unpaired) electrons. The van der Waals surface area contributed by atoms with E-state index in [2.05, 4.69) is 15.6 Å². The first-order valence-corrected chi connectivity index (χ1v) is 8.54. The van der Waals surface area contributed by atoms with Crippen molar-refractivity contribution in [1.29, 1.82) is 0 Å². The van der Waals surface area contributed by atoms with Crippen molar-refractivity contribution in [3.8, 4) is 17.2 Å². The molecule has 2 N–H and O–H groups in total. The lowest BCUT2D eigenvalue weighted by Crippen LogP contribution is -2.41. The lowest BCUT2D eigenvalue weighted by Gasteiger charge is -2.19. The van der Waals surface area contributed by atoms with Crippen molar-refractivity contribution in [3.63, 3.8) is 0 Å². The molecule has 0 heterocycles. The predicted octanol–water partition coefficient (Wildman–Crippen LogP) is 2.84. The molecule has 0 aliphatic rings. The highest BCUT2D eigenvalue weighted by Gasteiger charge is 2.10. The molecule has 0 aliphatic carbocycles. The Morgan fingerprint density at radius 3 is 2.19 bits per heavy atom. The molecule has 1 atom stereocenters. The van der Waals surface area contributed by atoms with Gasteiger partial charge >= 0.3 is 0 Å². The Morgan fingerprint density at radius 1 is 0.923 bits per heavy atom. The van der Waals surface area contributed by atoms with Crippen LogP contribution in [0.3, 0.4) is 0 Å². The summed E-state index contributed by atoms with van der Waals surface area (Å²) in [5, 5.41) is 6.55. The minimum absolute atomic E-state index is 0.0592. The molecule has 6 heteroatoms. The second-order valence-corrected chi connectivity index (χ2v) is 5.70. The number of aliphatic imine (C=N–C) groups is 1. The van der Waals surface area contributed by atoms with Crippen LogP contribution in [0.15, 0.2) is 53.5 Å². The van der Waals surface area contributed by atoms with E-state index < -0.39 is 0 Å². The Kier molecular flexibility index (Phi) is 7.61. The number of para-hydroxylation sites is 3. The van der Waals surface area contributed by atoms with Gasteiger partial charge in [-0.1, -0.05) is 30.3 Å². The first-order valence-electron chi connectivity index (χ1n) is 8.54. The molecule has 0 amide bonds. The van der Waals surface area contributed by atoms with Gasteiger partial charge in [0.2, 0.25) is 0 Å². The van der Waals surface area contributed by atoms with Gasteiger partial charge in [0, 0.05) is 19.2 Å². The minimum atomic E-state index is -0.0592. The molecular weight excluding hydrogens is 330 g/mol. The van der Waals surface area contributed by atoms with E-state index in [0.29, 0.717) is 19.0 Å². The van der Waals surface area contributed by atoms with Crippen LogP contribution in [0.2, 0.25) is 0 Å². The third-order valence-corrected chi connectivity index (χ3v) is 3.82. The van der Waals surface area contributed by atoms with Gasteiger partial charge in [-0.15, -0.1) is 0 Å². The largest absolute Gasteiger partial charge is 0.496 e. The highest BCUT2D eigenvalue weighted by Crippen LogP contribution is 2.26. The molecule has 0 saturated heterocycles. The molecule has 2 aromatic carbocycles. The van der Waals surface area contributed by atoms with E-state index in [1.807, 2.05) is 55.5 Å². The van der Waals surface area contributed by atoms with E-state index in [1.165, 1.54) is 0 Å². The van der Waals surface area contributed by atoms with Crippen molar-refractivity contribution >= 4 is 5.96 Å². The molecule has 140 valence electrons. The first kappa shape index (κ1) is 19.4. The standard InChI is InChI=1S/C20H27N3O3/c1-15(26-19-12-8-7-11-18(19)25-4)13-22-20(21-2)23-14-16-9-5-6-10-17(16)24-3/h5-12,15H,13-14H2,1-4H3,(H2,21,22,23). The van der Waals surface area contributed by atoms with Crippen molar-refractivity contribution in [2.75, 3.05) is 27.8 Å². The van der Waals surface area contributed by atoms with E-state index in [4.69, 9.17) is 14.2 Å². The van der Waals surface area contributed by atoms with Crippen LogP contribution >= 0.6 is 0 Å². The average Bonchev–Trinajstić information content (AvgIpc) is 2.68. The first-order chi connectivity index (χ1) is 12.7. The lowest BCUT2D eigenvalue weighted by molar-refractivity contribution is 0.213. The molecule has 0 saturated carbocycles. The molecule has 0 fully saturated rings. The maximum absolute atomic E-state index is 5.94. The highest BCUT2D eigenvalue weighted by atomic mass is 16.5. The Hall–Kier alpha value is -2.89. The molecule has 0 aromatic heterocycles. The summed E-state index contributed by atoms with van der Waals surface area (Å²) < 4.78 is 16.6. The third kappa shape index (κ3) is 5.58. The number of ether oxygens (including phenoxy) is 3. The summed E-state index contributed by atoms with van der Waals surface area (Å²) in [6, 6.07) is 15.5. The SMILES string of the molecule is CN=C(NCc1ccccc1OC)NCC(C)Oc1ccccc1OC. The van der Waals surface area contributed by atoms with Crippen LogP contribution in [-0.2, 0) is 6.54 Å². The molecule has 0 spiro atoms. The molecule has 2 aromatic rings. The molecule has 0 aliphatic heterocycles. The van der Waals surface area contributed by atoms with Gasteiger partial charge in [0.15, 0.2) is 17.5 Å². The van der Waals surface area contributed by atoms with Gasteiger partial charge in [0.1, 0.15) is 11.9 Å². The van der Waals surface area contributed by atoms with E-state index in [9.17, 15) is 0 Å². The summed E-state index contributed by atoms with van der Waals surface area (Å²) in [5.41, 5.74) is 1.07. The van der Waals surface area contributed by atoms with Crippen LogP contribution in [0.25, 0.3) is 0 Å². The van der Waals surface area contributed by atoms with Gasteiger partial charge in [0.05, 0.1) is 20.8 Å². The van der Waals surface area contributed by atoms with Gasteiger partial charge in [-0.05, 0) is 25.1 Å². The zero-order valence-corrected chi connectivity index (χ0v) is 15.8. The van der Waals surface area contributed by atoms with Crippen molar-refractivity contribution in [3.05, 3.63) is 54.1 Å². The fourth-order valence-electron chi connectivity index (χ4n) is 2.46.